The number of halogens is 5. The minimum Gasteiger partial charge on any atom is -0.292 e. The molecule has 1 heterocycles. The van der Waals surface area contributed by atoms with Gasteiger partial charge >= 0.3 is 6.18 Å². The maximum absolute atomic E-state index is 12.6. The number of alkyl halides is 5. The van der Waals surface area contributed by atoms with Crippen LogP contribution in [0.5, 0.6) is 0 Å². The Labute approximate surface area is 84.2 Å². The molecule has 1 saturated carbocycles. The number of rotatable bonds is 2. The van der Waals surface area contributed by atoms with Gasteiger partial charge in [-0.3, -0.25) is 4.90 Å². The van der Waals surface area contributed by atoms with Gasteiger partial charge < -0.3 is 0 Å². The Balaban J connectivity index is 1.92. The van der Waals surface area contributed by atoms with E-state index in [9.17, 15) is 22.0 Å². The zero-order valence-corrected chi connectivity index (χ0v) is 8.03. The summed E-state index contributed by atoms with van der Waals surface area (Å²) in [4.78, 5) is 1.16. The van der Waals surface area contributed by atoms with Crippen LogP contribution in [-0.4, -0.2) is 36.1 Å². The quantitative estimate of drug-likeness (QED) is 0.658. The Kier molecular flexibility index (Phi) is 2.44. The zero-order valence-electron chi connectivity index (χ0n) is 8.03. The van der Waals surface area contributed by atoms with Crippen LogP contribution in [0, 0.1) is 5.92 Å². The van der Waals surface area contributed by atoms with E-state index < -0.39 is 24.1 Å². The van der Waals surface area contributed by atoms with Crippen molar-refractivity contribution in [2.24, 2.45) is 5.92 Å². The van der Waals surface area contributed by atoms with E-state index in [-0.39, 0.29) is 25.9 Å². The summed E-state index contributed by atoms with van der Waals surface area (Å²) in [5.41, 5.74) is 0. The second-order valence-electron chi connectivity index (χ2n) is 4.36. The average molecular weight is 229 g/mol. The Morgan fingerprint density at radius 1 is 1.27 bits per heavy atom. The molecule has 2 unspecified atom stereocenters. The van der Waals surface area contributed by atoms with Gasteiger partial charge in [0.1, 0.15) is 6.04 Å². The molecule has 15 heavy (non-hydrogen) atoms. The van der Waals surface area contributed by atoms with Crippen molar-refractivity contribution in [3.05, 3.63) is 0 Å². The molecule has 0 radical (unpaired) electrons. The van der Waals surface area contributed by atoms with Crippen LogP contribution in [0.1, 0.15) is 19.3 Å². The van der Waals surface area contributed by atoms with Crippen LogP contribution in [0.15, 0.2) is 0 Å². The SMILES string of the molecule is FC(F)(F)C1CCCN1CC1CC1(F)F. The Morgan fingerprint density at radius 3 is 2.33 bits per heavy atom. The molecule has 0 aromatic rings. The van der Waals surface area contributed by atoms with Crippen molar-refractivity contribution in [1.82, 2.24) is 4.90 Å². The second-order valence-corrected chi connectivity index (χ2v) is 4.36. The van der Waals surface area contributed by atoms with Crippen LogP contribution in [0.25, 0.3) is 0 Å². The van der Waals surface area contributed by atoms with E-state index in [2.05, 4.69) is 0 Å². The van der Waals surface area contributed by atoms with Crippen molar-refractivity contribution >= 4 is 0 Å². The Morgan fingerprint density at radius 2 is 1.87 bits per heavy atom. The van der Waals surface area contributed by atoms with Crippen molar-refractivity contribution in [2.45, 2.75) is 37.4 Å². The lowest BCUT2D eigenvalue weighted by molar-refractivity contribution is -0.176. The highest BCUT2D eigenvalue weighted by Gasteiger charge is 2.58. The minimum absolute atomic E-state index is 0.0434. The summed E-state index contributed by atoms with van der Waals surface area (Å²) in [6.07, 6.45) is -4.04. The van der Waals surface area contributed by atoms with Crippen LogP contribution < -0.4 is 0 Å². The van der Waals surface area contributed by atoms with Crippen molar-refractivity contribution < 1.29 is 22.0 Å². The Hall–Kier alpha value is -0.390. The molecule has 1 saturated heterocycles. The van der Waals surface area contributed by atoms with Crippen LogP contribution in [-0.2, 0) is 0 Å². The monoisotopic (exact) mass is 229 g/mol. The summed E-state index contributed by atoms with van der Waals surface area (Å²) in [5.74, 6) is -3.58. The highest BCUT2D eigenvalue weighted by molar-refractivity contribution is 4.99. The van der Waals surface area contributed by atoms with E-state index in [0.29, 0.717) is 6.42 Å². The summed E-state index contributed by atoms with van der Waals surface area (Å²) in [5, 5.41) is 0. The van der Waals surface area contributed by atoms with E-state index in [1.807, 2.05) is 0 Å². The zero-order chi connectivity index (χ0) is 11.3. The Bertz CT molecular complexity index is 249. The van der Waals surface area contributed by atoms with Crippen LogP contribution in [0.4, 0.5) is 22.0 Å². The molecule has 2 fully saturated rings. The predicted octanol–water partition coefficient (Wildman–Crippen LogP) is 2.67. The number of likely N-dealkylation sites (tertiary alicyclic amines) is 1. The van der Waals surface area contributed by atoms with Crippen molar-refractivity contribution in [1.29, 1.82) is 0 Å². The molecule has 0 N–H and O–H groups in total. The topological polar surface area (TPSA) is 3.24 Å². The molecule has 2 aliphatic rings. The molecule has 0 aromatic carbocycles. The van der Waals surface area contributed by atoms with Crippen LogP contribution in [0.2, 0.25) is 0 Å². The van der Waals surface area contributed by atoms with Gasteiger partial charge in [0.15, 0.2) is 0 Å². The molecular formula is C9H12F5N. The smallest absolute Gasteiger partial charge is 0.292 e. The van der Waals surface area contributed by atoms with Gasteiger partial charge in [0.25, 0.3) is 5.92 Å². The molecule has 2 atom stereocenters. The summed E-state index contributed by atoms with van der Waals surface area (Å²) < 4.78 is 62.5. The molecule has 88 valence electrons. The van der Waals surface area contributed by atoms with Gasteiger partial charge in [0, 0.05) is 18.9 Å². The first kappa shape index (κ1) is 11.1. The van der Waals surface area contributed by atoms with Crippen LogP contribution in [0.3, 0.4) is 0 Å². The van der Waals surface area contributed by atoms with Gasteiger partial charge in [-0.25, -0.2) is 8.78 Å². The van der Waals surface area contributed by atoms with Crippen molar-refractivity contribution in [2.75, 3.05) is 13.1 Å². The summed E-state index contributed by atoms with van der Waals surface area (Å²) >= 11 is 0. The second kappa shape index (κ2) is 3.30. The molecule has 6 heteroatoms. The molecule has 0 aromatic heterocycles. The van der Waals surface area contributed by atoms with Gasteiger partial charge in [-0.1, -0.05) is 0 Å². The number of hydrogen-bond donors (Lipinski definition) is 0. The van der Waals surface area contributed by atoms with Gasteiger partial charge in [-0.05, 0) is 19.4 Å². The van der Waals surface area contributed by atoms with Gasteiger partial charge in [-0.2, -0.15) is 13.2 Å². The summed E-state index contributed by atoms with van der Waals surface area (Å²) in [6.45, 7) is 0.175. The van der Waals surface area contributed by atoms with Gasteiger partial charge in [0.2, 0.25) is 0 Å². The molecule has 0 amide bonds. The summed E-state index contributed by atoms with van der Waals surface area (Å²) in [7, 11) is 0. The van der Waals surface area contributed by atoms with E-state index in [1.54, 1.807) is 0 Å². The first-order valence-corrected chi connectivity index (χ1v) is 4.99. The third-order valence-corrected chi connectivity index (χ3v) is 3.15. The minimum atomic E-state index is -4.28. The molecule has 2 rings (SSSR count). The maximum atomic E-state index is 12.6. The molecule has 1 aliphatic heterocycles. The van der Waals surface area contributed by atoms with E-state index in [0.717, 1.165) is 4.90 Å². The molecular weight excluding hydrogens is 217 g/mol. The van der Waals surface area contributed by atoms with Gasteiger partial charge in [0.05, 0.1) is 0 Å². The third-order valence-electron chi connectivity index (χ3n) is 3.15. The van der Waals surface area contributed by atoms with E-state index in [4.69, 9.17) is 0 Å². The summed E-state index contributed by atoms with van der Waals surface area (Å²) in [6, 6.07) is -1.51. The fraction of sp³-hybridized carbons (Fsp3) is 1.00. The van der Waals surface area contributed by atoms with Crippen molar-refractivity contribution in [3.8, 4) is 0 Å². The lowest BCUT2D eigenvalue weighted by atomic mass is 10.2. The largest absolute Gasteiger partial charge is 0.404 e. The molecule has 1 aliphatic carbocycles. The highest BCUT2D eigenvalue weighted by atomic mass is 19.4. The predicted molar refractivity (Wildman–Crippen MR) is 43.7 cm³/mol. The van der Waals surface area contributed by atoms with Crippen molar-refractivity contribution in [3.63, 3.8) is 0 Å². The first-order valence-electron chi connectivity index (χ1n) is 4.99. The molecule has 0 spiro atoms. The fourth-order valence-corrected chi connectivity index (χ4v) is 2.17. The lowest BCUT2D eigenvalue weighted by Crippen LogP contribution is -2.42. The van der Waals surface area contributed by atoms with Gasteiger partial charge in [-0.15, -0.1) is 0 Å². The molecule has 0 bridgehead atoms. The standard InChI is InChI=1S/C9H12F5N/c10-8(11)4-6(8)5-15-3-1-2-7(15)9(12,13)14/h6-7H,1-5H2. The highest BCUT2D eigenvalue weighted by Crippen LogP contribution is 2.50. The lowest BCUT2D eigenvalue weighted by Gasteiger charge is -2.26. The number of nitrogens with zero attached hydrogens (tertiary/aromatic N) is 1. The van der Waals surface area contributed by atoms with E-state index >= 15 is 0 Å². The number of hydrogen-bond acceptors (Lipinski definition) is 1. The van der Waals surface area contributed by atoms with E-state index in [1.165, 1.54) is 0 Å². The van der Waals surface area contributed by atoms with Crippen LogP contribution >= 0.6 is 0 Å². The fourth-order valence-electron chi connectivity index (χ4n) is 2.17. The average Bonchev–Trinajstić information content (AvgIpc) is 2.52. The maximum Gasteiger partial charge on any atom is 0.404 e. The normalized spacial score (nSPS) is 35.8. The third kappa shape index (κ3) is 2.24. The first-order chi connectivity index (χ1) is 6.81. The molecule has 1 nitrogen and oxygen atoms in total.